The van der Waals surface area contributed by atoms with E-state index in [0.29, 0.717) is 43.2 Å². The van der Waals surface area contributed by atoms with Crippen molar-refractivity contribution in [3.63, 3.8) is 0 Å². The summed E-state index contributed by atoms with van der Waals surface area (Å²) >= 11 is 6.15. The van der Waals surface area contributed by atoms with Crippen LogP contribution in [0.25, 0.3) is 0 Å². The van der Waals surface area contributed by atoms with Gasteiger partial charge in [-0.05, 0) is 25.0 Å². The van der Waals surface area contributed by atoms with Gasteiger partial charge in [0.05, 0.1) is 22.5 Å². The van der Waals surface area contributed by atoms with E-state index in [1.54, 1.807) is 34.1 Å². The Morgan fingerprint density at radius 2 is 1.79 bits per heavy atom. The first-order valence-corrected chi connectivity index (χ1v) is 8.41. The van der Waals surface area contributed by atoms with E-state index in [4.69, 9.17) is 16.7 Å². The maximum absolute atomic E-state index is 12.7. The Bertz CT molecular complexity index is 670. The normalized spacial score (nSPS) is 22.0. The van der Waals surface area contributed by atoms with E-state index in [0.717, 1.165) is 0 Å². The van der Waals surface area contributed by atoms with Gasteiger partial charge in [0.2, 0.25) is 11.8 Å². The number of hydrogen-bond acceptors (Lipinski definition) is 3. The predicted octanol–water partition coefficient (Wildman–Crippen LogP) is 2.02. The van der Waals surface area contributed by atoms with Crippen molar-refractivity contribution in [1.82, 2.24) is 4.90 Å². The van der Waals surface area contributed by atoms with Crippen LogP contribution in [0.2, 0.25) is 5.02 Å². The monoisotopic (exact) mass is 350 g/mol. The molecule has 2 amide bonds. The zero-order valence-electron chi connectivity index (χ0n) is 13.2. The summed E-state index contributed by atoms with van der Waals surface area (Å²) in [6.07, 6.45) is 1.11. The van der Waals surface area contributed by atoms with Gasteiger partial charge in [-0.2, -0.15) is 0 Å². The van der Waals surface area contributed by atoms with Crippen molar-refractivity contribution in [2.45, 2.75) is 19.3 Å². The van der Waals surface area contributed by atoms with Crippen LogP contribution in [0.5, 0.6) is 0 Å². The number of aliphatic carboxylic acids is 1. The molecule has 0 bridgehead atoms. The molecule has 2 aliphatic heterocycles. The fourth-order valence-corrected chi connectivity index (χ4v) is 3.62. The molecule has 1 atom stereocenters. The van der Waals surface area contributed by atoms with Gasteiger partial charge < -0.3 is 14.9 Å². The molecule has 0 aliphatic carbocycles. The highest BCUT2D eigenvalue weighted by molar-refractivity contribution is 6.33. The first-order valence-electron chi connectivity index (χ1n) is 8.04. The third kappa shape index (κ3) is 3.24. The lowest BCUT2D eigenvalue weighted by molar-refractivity contribution is -0.146. The second kappa shape index (κ2) is 6.81. The summed E-state index contributed by atoms with van der Waals surface area (Å²) in [4.78, 5) is 39.2. The first-order chi connectivity index (χ1) is 11.5. The summed E-state index contributed by atoms with van der Waals surface area (Å²) in [5.74, 6) is -1.75. The Balaban J connectivity index is 1.65. The molecule has 7 heteroatoms. The van der Waals surface area contributed by atoms with Gasteiger partial charge in [-0.3, -0.25) is 14.4 Å². The maximum Gasteiger partial charge on any atom is 0.306 e. The van der Waals surface area contributed by atoms with Crippen molar-refractivity contribution in [2.75, 3.05) is 24.5 Å². The summed E-state index contributed by atoms with van der Waals surface area (Å²) in [5.41, 5.74) is 0.629. The van der Waals surface area contributed by atoms with Gasteiger partial charge in [0, 0.05) is 26.1 Å². The molecule has 128 valence electrons. The van der Waals surface area contributed by atoms with Gasteiger partial charge >= 0.3 is 5.97 Å². The number of benzene rings is 1. The molecule has 0 aromatic heterocycles. The molecule has 24 heavy (non-hydrogen) atoms. The van der Waals surface area contributed by atoms with Crippen LogP contribution < -0.4 is 4.90 Å². The van der Waals surface area contributed by atoms with E-state index in [1.807, 2.05) is 0 Å². The second-order valence-electron chi connectivity index (χ2n) is 6.29. The molecule has 0 radical (unpaired) electrons. The first kappa shape index (κ1) is 16.8. The van der Waals surface area contributed by atoms with Crippen LogP contribution in [-0.2, 0) is 14.4 Å². The molecule has 1 N–H and O–H groups in total. The Kier molecular flexibility index (Phi) is 4.76. The lowest BCUT2D eigenvalue weighted by Gasteiger charge is -2.31. The molecule has 1 aromatic rings. The van der Waals surface area contributed by atoms with Crippen LogP contribution in [0.1, 0.15) is 19.3 Å². The maximum atomic E-state index is 12.7. The third-order valence-electron chi connectivity index (χ3n) is 4.77. The zero-order valence-corrected chi connectivity index (χ0v) is 13.9. The number of anilines is 1. The molecule has 1 unspecified atom stereocenters. The molecule has 3 rings (SSSR count). The number of carboxylic acid groups (broad SMARTS) is 1. The SMILES string of the molecule is O=C(O)C1CCN(C(=O)C2CC(=O)N(c3ccccc3Cl)C2)CC1. The van der Waals surface area contributed by atoms with Crippen LogP contribution in [0.3, 0.4) is 0 Å². The van der Waals surface area contributed by atoms with E-state index in [2.05, 4.69) is 0 Å². The summed E-state index contributed by atoms with van der Waals surface area (Å²) in [6, 6.07) is 7.09. The average Bonchev–Trinajstić information content (AvgIpc) is 2.96. The van der Waals surface area contributed by atoms with Crippen molar-refractivity contribution in [1.29, 1.82) is 0 Å². The van der Waals surface area contributed by atoms with E-state index in [-0.39, 0.29) is 24.2 Å². The van der Waals surface area contributed by atoms with Crippen LogP contribution in [0.15, 0.2) is 24.3 Å². The minimum atomic E-state index is -0.803. The fraction of sp³-hybridized carbons (Fsp3) is 0.471. The highest BCUT2D eigenvalue weighted by Gasteiger charge is 2.39. The lowest BCUT2D eigenvalue weighted by Crippen LogP contribution is -2.43. The Morgan fingerprint density at radius 1 is 1.12 bits per heavy atom. The van der Waals surface area contributed by atoms with Crippen molar-refractivity contribution in [3.8, 4) is 0 Å². The number of piperidine rings is 1. The summed E-state index contributed by atoms with van der Waals surface area (Å²) in [5, 5.41) is 9.52. The van der Waals surface area contributed by atoms with E-state index < -0.39 is 11.9 Å². The molecule has 6 nitrogen and oxygen atoms in total. The van der Waals surface area contributed by atoms with E-state index in [9.17, 15) is 14.4 Å². The smallest absolute Gasteiger partial charge is 0.306 e. The Labute approximate surface area is 145 Å². The van der Waals surface area contributed by atoms with E-state index >= 15 is 0 Å². The number of carbonyl (C=O) groups excluding carboxylic acids is 2. The van der Waals surface area contributed by atoms with Crippen molar-refractivity contribution in [2.24, 2.45) is 11.8 Å². The number of halogens is 1. The predicted molar refractivity (Wildman–Crippen MR) is 88.9 cm³/mol. The number of nitrogens with zero attached hydrogens (tertiary/aromatic N) is 2. The third-order valence-corrected chi connectivity index (χ3v) is 5.09. The van der Waals surface area contributed by atoms with Crippen molar-refractivity contribution in [3.05, 3.63) is 29.3 Å². The molecule has 2 saturated heterocycles. The summed E-state index contributed by atoms with van der Waals surface area (Å²) < 4.78 is 0. The second-order valence-corrected chi connectivity index (χ2v) is 6.70. The molecular formula is C17H19ClN2O4. The van der Waals surface area contributed by atoms with Gasteiger partial charge in [0.25, 0.3) is 0 Å². The van der Waals surface area contributed by atoms with Crippen LogP contribution >= 0.6 is 11.6 Å². The fourth-order valence-electron chi connectivity index (χ4n) is 3.38. The topological polar surface area (TPSA) is 77.9 Å². The average molecular weight is 351 g/mol. The molecule has 1 aromatic carbocycles. The number of likely N-dealkylation sites (tertiary alicyclic amines) is 1. The number of carbonyl (C=O) groups is 3. The Morgan fingerprint density at radius 3 is 2.42 bits per heavy atom. The van der Waals surface area contributed by atoms with Crippen molar-refractivity contribution < 1.29 is 19.5 Å². The molecule has 2 heterocycles. The number of amides is 2. The van der Waals surface area contributed by atoms with E-state index in [1.165, 1.54) is 0 Å². The van der Waals surface area contributed by atoms with Gasteiger partial charge in [0.1, 0.15) is 0 Å². The largest absolute Gasteiger partial charge is 0.481 e. The highest BCUT2D eigenvalue weighted by atomic mass is 35.5. The minimum Gasteiger partial charge on any atom is -0.481 e. The van der Waals surface area contributed by atoms with Crippen LogP contribution in [0, 0.1) is 11.8 Å². The van der Waals surface area contributed by atoms with Gasteiger partial charge in [-0.1, -0.05) is 23.7 Å². The van der Waals surface area contributed by atoms with Gasteiger partial charge in [0.15, 0.2) is 0 Å². The number of rotatable bonds is 3. The molecule has 2 aliphatic rings. The number of hydrogen-bond donors (Lipinski definition) is 1. The highest BCUT2D eigenvalue weighted by Crippen LogP contribution is 2.32. The minimum absolute atomic E-state index is 0.0678. The lowest BCUT2D eigenvalue weighted by atomic mass is 9.95. The summed E-state index contributed by atoms with van der Waals surface area (Å²) in [7, 11) is 0. The molecule has 2 fully saturated rings. The quantitative estimate of drug-likeness (QED) is 0.904. The molecule has 0 spiro atoms. The summed E-state index contributed by atoms with van der Waals surface area (Å²) in [6.45, 7) is 1.19. The van der Waals surface area contributed by atoms with Gasteiger partial charge in [-0.25, -0.2) is 0 Å². The van der Waals surface area contributed by atoms with Gasteiger partial charge in [-0.15, -0.1) is 0 Å². The Hall–Kier alpha value is -2.08. The van der Waals surface area contributed by atoms with Crippen molar-refractivity contribution >= 4 is 35.1 Å². The number of para-hydroxylation sites is 1. The molecular weight excluding hydrogens is 332 g/mol. The molecule has 0 saturated carbocycles. The standard InChI is InChI=1S/C17H19ClN2O4/c18-13-3-1-2-4-14(13)20-10-12(9-15(20)21)16(22)19-7-5-11(6-8-19)17(23)24/h1-4,11-12H,5-10H2,(H,23,24). The zero-order chi connectivity index (χ0) is 17.3. The van der Waals surface area contributed by atoms with Crippen LogP contribution in [0.4, 0.5) is 5.69 Å². The van der Waals surface area contributed by atoms with Crippen LogP contribution in [-0.4, -0.2) is 47.4 Å². The number of carboxylic acids is 1.